The third-order valence-electron chi connectivity index (χ3n) is 2.12. The SMILES string of the molecule is C=C(C)C(=O)OC(=O)CCCCC(=O)OC(=O)C(=C)C. The number of unbranched alkanes of at least 4 members (excludes halogenated alkanes) is 1. The Hall–Kier alpha value is -2.24. The second kappa shape index (κ2) is 8.79. The molecule has 0 atom stereocenters. The second-order valence-electron chi connectivity index (χ2n) is 4.29. The van der Waals surface area contributed by atoms with Gasteiger partial charge in [-0.1, -0.05) is 13.2 Å². The Kier molecular flexibility index (Phi) is 7.81. The lowest BCUT2D eigenvalue weighted by Crippen LogP contribution is -2.14. The molecule has 20 heavy (non-hydrogen) atoms. The van der Waals surface area contributed by atoms with Crippen molar-refractivity contribution in [2.75, 3.05) is 0 Å². The molecular formula is C14H18O6. The molecule has 0 unspecified atom stereocenters. The van der Waals surface area contributed by atoms with Crippen LogP contribution < -0.4 is 0 Å². The summed E-state index contributed by atoms with van der Waals surface area (Å²) in [6.07, 6.45) is 0.693. The van der Waals surface area contributed by atoms with E-state index in [2.05, 4.69) is 22.6 Å². The molecule has 0 aromatic rings. The summed E-state index contributed by atoms with van der Waals surface area (Å²) in [6, 6.07) is 0. The summed E-state index contributed by atoms with van der Waals surface area (Å²) in [5.41, 5.74) is 0.278. The molecule has 0 saturated heterocycles. The molecule has 0 aromatic heterocycles. The van der Waals surface area contributed by atoms with Gasteiger partial charge >= 0.3 is 23.9 Å². The molecular weight excluding hydrogens is 264 g/mol. The topological polar surface area (TPSA) is 86.7 Å². The fourth-order valence-corrected chi connectivity index (χ4v) is 1.02. The predicted octanol–water partition coefficient (Wildman–Crippen LogP) is 1.84. The van der Waals surface area contributed by atoms with Crippen molar-refractivity contribution in [3.8, 4) is 0 Å². The van der Waals surface area contributed by atoms with Crippen molar-refractivity contribution >= 4 is 23.9 Å². The Morgan fingerprint density at radius 2 is 1.05 bits per heavy atom. The van der Waals surface area contributed by atoms with Crippen molar-refractivity contribution in [3.05, 3.63) is 24.3 Å². The van der Waals surface area contributed by atoms with Gasteiger partial charge in [-0.2, -0.15) is 0 Å². The third-order valence-corrected chi connectivity index (χ3v) is 2.12. The average Bonchev–Trinajstić information content (AvgIpc) is 2.34. The van der Waals surface area contributed by atoms with Gasteiger partial charge < -0.3 is 9.47 Å². The molecule has 0 amide bonds. The van der Waals surface area contributed by atoms with Crippen LogP contribution in [0, 0.1) is 0 Å². The molecule has 0 radical (unpaired) electrons. The van der Waals surface area contributed by atoms with Crippen LogP contribution in [0.3, 0.4) is 0 Å². The smallest absolute Gasteiger partial charge is 0.340 e. The Morgan fingerprint density at radius 3 is 1.30 bits per heavy atom. The molecule has 0 fully saturated rings. The van der Waals surface area contributed by atoms with E-state index in [0.29, 0.717) is 12.8 Å². The van der Waals surface area contributed by atoms with Crippen LogP contribution in [-0.2, 0) is 28.7 Å². The molecule has 0 aliphatic heterocycles. The fraction of sp³-hybridized carbons (Fsp3) is 0.429. The molecule has 0 aromatic carbocycles. The van der Waals surface area contributed by atoms with Crippen molar-refractivity contribution in [3.63, 3.8) is 0 Å². The zero-order valence-electron chi connectivity index (χ0n) is 11.7. The number of hydrogen-bond acceptors (Lipinski definition) is 6. The average molecular weight is 282 g/mol. The van der Waals surface area contributed by atoms with E-state index < -0.39 is 23.9 Å². The van der Waals surface area contributed by atoms with Crippen LogP contribution in [0.4, 0.5) is 0 Å². The quantitative estimate of drug-likeness (QED) is 0.306. The summed E-state index contributed by atoms with van der Waals surface area (Å²) in [7, 11) is 0. The largest absolute Gasteiger partial charge is 0.390 e. The molecule has 0 N–H and O–H groups in total. The first kappa shape index (κ1) is 17.8. The van der Waals surface area contributed by atoms with Crippen LogP contribution >= 0.6 is 0 Å². The minimum absolute atomic E-state index is 0.000727. The molecule has 110 valence electrons. The van der Waals surface area contributed by atoms with Gasteiger partial charge in [0.1, 0.15) is 0 Å². The van der Waals surface area contributed by atoms with Crippen LogP contribution in [0.5, 0.6) is 0 Å². The van der Waals surface area contributed by atoms with E-state index in [-0.39, 0.29) is 24.0 Å². The molecule has 0 heterocycles. The van der Waals surface area contributed by atoms with E-state index in [1.54, 1.807) is 0 Å². The van der Waals surface area contributed by atoms with Gasteiger partial charge in [0.15, 0.2) is 0 Å². The van der Waals surface area contributed by atoms with Gasteiger partial charge in [-0.3, -0.25) is 9.59 Å². The maximum Gasteiger partial charge on any atom is 0.340 e. The van der Waals surface area contributed by atoms with Gasteiger partial charge in [0.25, 0.3) is 0 Å². The van der Waals surface area contributed by atoms with Crippen molar-refractivity contribution in [2.45, 2.75) is 39.5 Å². The molecule has 0 spiro atoms. The highest BCUT2D eigenvalue weighted by atomic mass is 16.6. The van der Waals surface area contributed by atoms with Crippen molar-refractivity contribution in [2.24, 2.45) is 0 Å². The minimum atomic E-state index is -0.763. The third kappa shape index (κ3) is 7.97. The predicted molar refractivity (Wildman–Crippen MR) is 70.3 cm³/mol. The maximum atomic E-state index is 11.2. The second-order valence-corrected chi connectivity index (χ2v) is 4.29. The van der Waals surface area contributed by atoms with Crippen LogP contribution in [0.1, 0.15) is 39.5 Å². The maximum absolute atomic E-state index is 11.2. The molecule has 0 saturated carbocycles. The number of rotatable bonds is 7. The normalized spacial score (nSPS) is 9.50. The Labute approximate surface area is 117 Å². The van der Waals surface area contributed by atoms with Crippen LogP contribution in [-0.4, -0.2) is 23.9 Å². The fourth-order valence-electron chi connectivity index (χ4n) is 1.02. The monoisotopic (exact) mass is 282 g/mol. The summed E-state index contributed by atoms with van der Waals surface area (Å²) >= 11 is 0. The van der Waals surface area contributed by atoms with Gasteiger partial charge in [0.05, 0.1) is 0 Å². The van der Waals surface area contributed by atoms with E-state index in [4.69, 9.17) is 0 Å². The standard InChI is InChI=1S/C14H18O6/c1-9(2)13(17)19-11(15)7-5-6-8-12(16)20-14(18)10(3)4/h1,3,5-8H2,2,4H3. The first-order valence-electron chi connectivity index (χ1n) is 6.05. The summed E-state index contributed by atoms with van der Waals surface area (Å²) in [5.74, 6) is -2.88. The molecule has 0 rings (SSSR count). The Morgan fingerprint density at radius 1 is 0.750 bits per heavy atom. The van der Waals surface area contributed by atoms with Crippen molar-refractivity contribution < 1.29 is 28.7 Å². The van der Waals surface area contributed by atoms with Crippen LogP contribution in [0.15, 0.2) is 24.3 Å². The van der Waals surface area contributed by atoms with E-state index in [9.17, 15) is 19.2 Å². The lowest BCUT2D eigenvalue weighted by Gasteiger charge is -2.03. The van der Waals surface area contributed by atoms with E-state index in [0.717, 1.165) is 0 Å². The summed E-state index contributed by atoms with van der Waals surface area (Å²) in [6.45, 7) is 9.55. The minimum Gasteiger partial charge on any atom is -0.390 e. The number of esters is 4. The first-order chi connectivity index (χ1) is 9.23. The Bertz CT molecular complexity index is 405. The summed E-state index contributed by atoms with van der Waals surface area (Å²) in [5, 5.41) is 0. The van der Waals surface area contributed by atoms with E-state index in [1.807, 2.05) is 0 Å². The summed E-state index contributed by atoms with van der Waals surface area (Å²) in [4.78, 5) is 44.4. The zero-order chi connectivity index (χ0) is 15.7. The highest BCUT2D eigenvalue weighted by molar-refractivity contribution is 5.95. The van der Waals surface area contributed by atoms with Gasteiger partial charge in [0.2, 0.25) is 0 Å². The number of ether oxygens (including phenoxy) is 2. The Balaban J connectivity index is 3.81. The van der Waals surface area contributed by atoms with E-state index in [1.165, 1.54) is 13.8 Å². The molecule has 0 bridgehead atoms. The van der Waals surface area contributed by atoms with Crippen LogP contribution in [0.25, 0.3) is 0 Å². The van der Waals surface area contributed by atoms with Gasteiger partial charge in [-0.25, -0.2) is 9.59 Å². The van der Waals surface area contributed by atoms with Crippen molar-refractivity contribution in [1.82, 2.24) is 0 Å². The van der Waals surface area contributed by atoms with E-state index >= 15 is 0 Å². The van der Waals surface area contributed by atoms with Gasteiger partial charge in [0, 0.05) is 24.0 Å². The highest BCUT2D eigenvalue weighted by Crippen LogP contribution is 2.05. The first-order valence-corrected chi connectivity index (χ1v) is 6.05. The molecule has 6 heteroatoms. The van der Waals surface area contributed by atoms with Gasteiger partial charge in [-0.05, 0) is 26.7 Å². The van der Waals surface area contributed by atoms with Crippen molar-refractivity contribution in [1.29, 1.82) is 0 Å². The molecule has 0 aliphatic carbocycles. The lowest BCUT2D eigenvalue weighted by atomic mass is 10.2. The summed E-state index contributed by atoms with van der Waals surface area (Å²) < 4.78 is 8.91. The van der Waals surface area contributed by atoms with Crippen LogP contribution in [0.2, 0.25) is 0 Å². The highest BCUT2D eigenvalue weighted by Gasteiger charge is 2.13. The van der Waals surface area contributed by atoms with Gasteiger partial charge in [-0.15, -0.1) is 0 Å². The number of hydrogen-bond donors (Lipinski definition) is 0. The zero-order valence-corrected chi connectivity index (χ0v) is 11.7. The lowest BCUT2D eigenvalue weighted by molar-refractivity contribution is -0.159. The number of carbonyl (C=O) groups is 4. The molecule has 6 nitrogen and oxygen atoms in total. The number of carbonyl (C=O) groups excluding carboxylic acids is 4. The molecule has 0 aliphatic rings.